The van der Waals surface area contributed by atoms with Crippen LogP contribution in [0.4, 0.5) is 17.1 Å². The van der Waals surface area contributed by atoms with Crippen molar-refractivity contribution >= 4 is 57.6 Å². The number of nitro benzene ring substituents is 1. The van der Waals surface area contributed by atoms with Crippen LogP contribution in [0.5, 0.6) is 0 Å². The number of aliphatic imine (C=N–C) groups is 1. The highest BCUT2D eigenvalue weighted by Crippen LogP contribution is 2.33. The smallest absolute Gasteiger partial charge is 0.271 e. The fourth-order valence-corrected chi connectivity index (χ4v) is 3.36. The standard InChI is InChI=1S/C18H15ClN4O3S/c1-22(2)12-5-3-11(4-6-12)9-16-17(24)21-18(27-16)20-15-8-7-13(23(25)26)10-14(15)19/h3-10H,1-2H3,(H,20,21,24)/b16-9+. The Hall–Kier alpha value is -2.84. The van der Waals surface area contributed by atoms with Crippen molar-refractivity contribution < 1.29 is 9.72 Å². The fraction of sp³-hybridized carbons (Fsp3) is 0.111. The predicted molar refractivity (Wildman–Crippen MR) is 110 cm³/mol. The average molecular weight is 403 g/mol. The number of hydrogen-bond acceptors (Lipinski definition) is 6. The van der Waals surface area contributed by atoms with Crippen molar-refractivity contribution in [2.75, 3.05) is 19.0 Å². The zero-order valence-corrected chi connectivity index (χ0v) is 16.0. The van der Waals surface area contributed by atoms with Crippen molar-refractivity contribution in [1.29, 1.82) is 0 Å². The lowest BCUT2D eigenvalue weighted by Crippen LogP contribution is -2.19. The predicted octanol–water partition coefficient (Wildman–Crippen LogP) is 4.21. The lowest BCUT2D eigenvalue weighted by Gasteiger charge is -2.11. The molecule has 1 heterocycles. The number of amidine groups is 1. The van der Waals surface area contributed by atoms with E-state index in [1.165, 1.54) is 30.0 Å². The van der Waals surface area contributed by atoms with Crippen LogP contribution in [0, 0.1) is 10.1 Å². The van der Waals surface area contributed by atoms with Gasteiger partial charge in [0.2, 0.25) is 0 Å². The first kappa shape index (κ1) is 18.9. The normalized spacial score (nSPS) is 16.6. The van der Waals surface area contributed by atoms with E-state index in [9.17, 15) is 14.9 Å². The number of thioether (sulfide) groups is 1. The summed E-state index contributed by atoms with van der Waals surface area (Å²) in [5.41, 5.74) is 2.19. The molecule has 27 heavy (non-hydrogen) atoms. The highest BCUT2D eigenvalue weighted by molar-refractivity contribution is 8.18. The molecule has 1 saturated heterocycles. The minimum Gasteiger partial charge on any atom is -0.378 e. The monoisotopic (exact) mass is 402 g/mol. The molecule has 7 nitrogen and oxygen atoms in total. The van der Waals surface area contributed by atoms with Gasteiger partial charge in [0.05, 0.1) is 20.5 Å². The molecule has 0 radical (unpaired) electrons. The van der Waals surface area contributed by atoms with Crippen molar-refractivity contribution in [3.05, 3.63) is 68.1 Å². The molecular formula is C18H15ClN4O3S. The van der Waals surface area contributed by atoms with E-state index in [0.29, 0.717) is 15.8 Å². The molecule has 0 aliphatic carbocycles. The second-order valence-corrected chi connectivity index (χ2v) is 7.30. The van der Waals surface area contributed by atoms with Gasteiger partial charge in [0.25, 0.3) is 11.6 Å². The number of benzene rings is 2. The Labute approximate surface area is 164 Å². The zero-order chi connectivity index (χ0) is 19.6. The number of anilines is 1. The first-order valence-corrected chi connectivity index (χ1v) is 9.04. The van der Waals surface area contributed by atoms with E-state index in [1.54, 1.807) is 6.08 Å². The van der Waals surface area contributed by atoms with Gasteiger partial charge in [-0.3, -0.25) is 14.9 Å². The number of halogens is 1. The van der Waals surface area contributed by atoms with Crippen molar-refractivity contribution in [2.24, 2.45) is 4.99 Å². The average Bonchev–Trinajstić information content (AvgIpc) is 2.96. The Morgan fingerprint density at radius 3 is 2.52 bits per heavy atom. The Morgan fingerprint density at radius 1 is 1.22 bits per heavy atom. The SMILES string of the molecule is CN(C)c1ccc(/C=C2/SC(=Nc3ccc([N+](=O)[O-])cc3Cl)NC2=O)cc1. The fourth-order valence-electron chi connectivity index (χ4n) is 2.31. The minimum absolute atomic E-state index is 0.117. The molecule has 2 aromatic carbocycles. The lowest BCUT2D eigenvalue weighted by atomic mass is 10.2. The highest BCUT2D eigenvalue weighted by Gasteiger charge is 2.24. The molecule has 1 N–H and O–H groups in total. The molecule has 1 aliphatic heterocycles. The molecule has 0 unspecified atom stereocenters. The number of nitrogens with zero attached hydrogens (tertiary/aromatic N) is 3. The summed E-state index contributed by atoms with van der Waals surface area (Å²) in [4.78, 5) is 29.2. The van der Waals surface area contributed by atoms with Gasteiger partial charge in [-0.25, -0.2) is 4.99 Å². The summed E-state index contributed by atoms with van der Waals surface area (Å²) in [6.07, 6.45) is 1.78. The highest BCUT2D eigenvalue weighted by atomic mass is 35.5. The first-order valence-electron chi connectivity index (χ1n) is 7.84. The Morgan fingerprint density at radius 2 is 1.93 bits per heavy atom. The van der Waals surface area contributed by atoms with E-state index in [2.05, 4.69) is 10.3 Å². The summed E-state index contributed by atoms with van der Waals surface area (Å²) in [6, 6.07) is 11.8. The van der Waals surface area contributed by atoms with Gasteiger partial charge < -0.3 is 10.2 Å². The van der Waals surface area contributed by atoms with E-state index in [0.717, 1.165) is 11.3 Å². The molecule has 0 bridgehead atoms. The number of hydrogen-bond donors (Lipinski definition) is 1. The molecular weight excluding hydrogens is 388 g/mol. The number of non-ortho nitro benzene ring substituents is 1. The number of carbonyl (C=O) groups is 1. The molecule has 2 aromatic rings. The third-order valence-electron chi connectivity index (χ3n) is 3.72. The van der Waals surface area contributed by atoms with Gasteiger partial charge in [-0.1, -0.05) is 23.7 Å². The van der Waals surface area contributed by atoms with Crippen molar-refractivity contribution in [2.45, 2.75) is 0 Å². The topological polar surface area (TPSA) is 87.8 Å². The second kappa shape index (κ2) is 7.81. The van der Waals surface area contributed by atoms with Crippen LogP contribution in [0.1, 0.15) is 5.56 Å². The third-order valence-corrected chi connectivity index (χ3v) is 4.93. The molecule has 0 atom stereocenters. The molecule has 3 rings (SSSR count). The van der Waals surface area contributed by atoms with Gasteiger partial charge in [0, 0.05) is 31.9 Å². The van der Waals surface area contributed by atoms with Gasteiger partial charge in [-0.15, -0.1) is 0 Å². The van der Waals surface area contributed by atoms with Gasteiger partial charge in [0.1, 0.15) is 0 Å². The second-order valence-electron chi connectivity index (χ2n) is 5.86. The maximum Gasteiger partial charge on any atom is 0.271 e. The van der Waals surface area contributed by atoms with Crippen molar-refractivity contribution in [1.82, 2.24) is 5.32 Å². The summed E-state index contributed by atoms with van der Waals surface area (Å²) < 4.78 is 0. The summed E-state index contributed by atoms with van der Waals surface area (Å²) in [7, 11) is 3.92. The number of carbonyl (C=O) groups excluding carboxylic acids is 1. The molecule has 1 aliphatic rings. The summed E-state index contributed by atoms with van der Waals surface area (Å²) in [5.74, 6) is -0.256. The number of amides is 1. The van der Waals surface area contributed by atoms with E-state index < -0.39 is 4.92 Å². The quantitative estimate of drug-likeness (QED) is 0.470. The van der Waals surface area contributed by atoms with E-state index >= 15 is 0 Å². The number of rotatable bonds is 4. The van der Waals surface area contributed by atoms with Gasteiger partial charge in [-0.05, 0) is 41.6 Å². The van der Waals surface area contributed by atoms with Crippen LogP contribution < -0.4 is 10.2 Å². The molecule has 138 valence electrons. The van der Waals surface area contributed by atoms with E-state index in [4.69, 9.17) is 11.6 Å². The van der Waals surface area contributed by atoms with Crippen LogP contribution >= 0.6 is 23.4 Å². The summed E-state index contributed by atoms with van der Waals surface area (Å²) in [6.45, 7) is 0. The Kier molecular flexibility index (Phi) is 5.48. The van der Waals surface area contributed by atoms with Crippen LogP contribution in [0.3, 0.4) is 0 Å². The Balaban J connectivity index is 1.80. The summed E-state index contributed by atoms with van der Waals surface area (Å²) in [5, 5.41) is 13.9. The lowest BCUT2D eigenvalue weighted by molar-refractivity contribution is -0.384. The van der Waals surface area contributed by atoms with Gasteiger partial charge in [-0.2, -0.15) is 0 Å². The Bertz CT molecular complexity index is 971. The molecule has 1 amide bonds. The van der Waals surface area contributed by atoms with Crippen LogP contribution in [-0.4, -0.2) is 30.1 Å². The number of nitrogens with one attached hydrogen (secondary N) is 1. The molecule has 0 saturated carbocycles. The minimum atomic E-state index is -0.530. The number of nitro groups is 1. The van der Waals surface area contributed by atoms with Gasteiger partial charge in [0.15, 0.2) is 5.17 Å². The van der Waals surface area contributed by atoms with Crippen LogP contribution in [0.15, 0.2) is 52.4 Å². The molecule has 0 aromatic heterocycles. The molecule has 9 heteroatoms. The van der Waals surface area contributed by atoms with Crippen molar-refractivity contribution in [3.63, 3.8) is 0 Å². The molecule has 1 fully saturated rings. The summed E-state index contributed by atoms with van der Waals surface area (Å²) >= 11 is 7.23. The van der Waals surface area contributed by atoms with E-state index in [-0.39, 0.29) is 16.6 Å². The third kappa shape index (κ3) is 4.47. The van der Waals surface area contributed by atoms with Crippen LogP contribution in [0.2, 0.25) is 5.02 Å². The van der Waals surface area contributed by atoms with Gasteiger partial charge >= 0.3 is 0 Å². The maximum atomic E-state index is 12.2. The first-order chi connectivity index (χ1) is 12.8. The van der Waals surface area contributed by atoms with E-state index in [1.807, 2.05) is 43.3 Å². The zero-order valence-electron chi connectivity index (χ0n) is 14.5. The van der Waals surface area contributed by atoms with Crippen LogP contribution in [0.25, 0.3) is 6.08 Å². The largest absolute Gasteiger partial charge is 0.378 e. The van der Waals surface area contributed by atoms with Crippen LogP contribution in [-0.2, 0) is 4.79 Å². The molecule has 0 spiro atoms. The van der Waals surface area contributed by atoms with Crippen molar-refractivity contribution in [3.8, 4) is 0 Å². The maximum absolute atomic E-state index is 12.2.